The third kappa shape index (κ3) is 4.34. The van der Waals surface area contributed by atoms with E-state index in [1.807, 2.05) is 54.6 Å². The average Bonchev–Trinajstić information content (AvgIpc) is 3.00. The maximum atomic E-state index is 11.7. The Balaban J connectivity index is 2.05. The molecule has 1 aromatic carbocycles. The highest BCUT2D eigenvalue weighted by Gasteiger charge is 2.17. The number of nitrogens with zero attached hydrogens (tertiary/aromatic N) is 1. The second-order valence-electron chi connectivity index (χ2n) is 6.11. The van der Waals surface area contributed by atoms with Crippen LogP contribution in [0.25, 0.3) is 16.8 Å². The standard InChI is InChI=1S/C22H22ClNO3/c1-26-17-10-8-16(9-11-17)20-12-13-21(24(20)15-14-22(25)27-2)18-6-4-3-5-7-19(18)23/h3-4,6-13H,5,14-15H2,1-2H3. The number of methoxy groups -OCH3 is 2. The number of carbonyl (C=O) groups excluding carboxylic acids is 1. The normalized spacial score (nSPS) is 13.6. The molecule has 0 bridgehead atoms. The Hall–Kier alpha value is -2.72. The lowest BCUT2D eigenvalue weighted by Crippen LogP contribution is -2.10. The fourth-order valence-corrected chi connectivity index (χ4v) is 3.32. The van der Waals surface area contributed by atoms with Crippen LogP contribution in [0.15, 0.2) is 65.7 Å². The molecule has 0 aliphatic heterocycles. The molecule has 2 aromatic rings. The number of aromatic nitrogens is 1. The first kappa shape index (κ1) is 19.1. The molecule has 140 valence electrons. The lowest BCUT2D eigenvalue weighted by molar-refractivity contribution is -0.140. The molecular weight excluding hydrogens is 362 g/mol. The summed E-state index contributed by atoms with van der Waals surface area (Å²) in [7, 11) is 3.05. The van der Waals surface area contributed by atoms with E-state index >= 15 is 0 Å². The molecule has 0 atom stereocenters. The van der Waals surface area contributed by atoms with Crippen LogP contribution in [0.4, 0.5) is 0 Å². The molecule has 1 heterocycles. The minimum atomic E-state index is -0.244. The van der Waals surface area contributed by atoms with Crippen LogP contribution in [-0.4, -0.2) is 24.8 Å². The second kappa shape index (κ2) is 8.78. The van der Waals surface area contributed by atoms with Crippen LogP contribution in [0.3, 0.4) is 0 Å². The number of allylic oxidation sites excluding steroid dienone is 6. The van der Waals surface area contributed by atoms with Crippen molar-refractivity contribution in [2.24, 2.45) is 0 Å². The molecule has 5 heteroatoms. The third-order valence-electron chi connectivity index (χ3n) is 4.50. The lowest BCUT2D eigenvalue weighted by Gasteiger charge is -2.15. The van der Waals surface area contributed by atoms with Crippen LogP contribution in [0.1, 0.15) is 18.5 Å². The van der Waals surface area contributed by atoms with Gasteiger partial charge >= 0.3 is 5.97 Å². The molecule has 1 aromatic heterocycles. The molecular formula is C22H22ClNO3. The van der Waals surface area contributed by atoms with E-state index in [2.05, 4.69) is 10.6 Å². The zero-order valence-corrected chi connectivity index (χ0v) is 16.2. The molecule has 0 amide bonds. The smallest absolute Gasteiger partial charge is 0.307 e. The number of halogens is 1. The summed E-state index contributed by atoms with van der Waals surface area (Å²) in [5, 5.41) is 0.707. The van der Waals surface area contributed by atoms with Crippen LogP contribution in [0, 0.1) is 0 Å². The number of hydrogen-bond donors (Lipinski definition) is 0. The highest BCUT2D eigenvalue weighted by Crippen LogP contribution is 2.33. The van der Waals surface area contributed by atoms with Gasteiger partial charge in [-0.3, -0.25) is 4.79 Å². The molecule has 0 N–H and O–H groups in total. The molecule has 0 saturated heterocycles. The summed E-state index contributed by atoms with van der Waals surface area (Å²) in [6.07, 6.45) is 9.14. The summed E-state index contributed by atoms with van der Waals surface area (Å²) in [4.78, 5) is 11.7. The van der Waals surface area contributed by atoms with Gasteiger partial charge < -0.3 is 14.0 Å². The van der Waals surface area contributed by atoms with Crippen LogP contribution < -0.4 is 4.74 Å². The number of esters is 1. The Morgan fingerprint density at radius 2 is 1.85 bits per heavy atom. The van der Waals surface area contributed by atoms with Gasteiger partial charge in [-0.05, 0) is 48.4 Å². The van der Waals surface area contributed by atoms with Gasteiger partial charge in [-0.2, -0.15) is 0 Å². The molecule has 0 radical (unpaired) electrons. The van der Waals surface area contributed by atoms with E-state index in [1.54, 1.807) is 7.11 Å². The van der Waals surface area contributed by atoms with Crippen molar-refractivity contribution in [2.75, 3.05) is 14.2 Å². The van der Waals surface area contributed by atoms with Crippen molar-refractivity contribution < 1.29 is 14.3 Å². The first-order chi connectivity index (χ1) is 13.1. The van der Waals surface area contributed by atoms with Crippen LogP contribution in [-0.2, 0) is 16.1 Å². The van der Waals surface area contributed by atoms with Gasteiger partial charge in [-0.25, -0.2) is 0 Å². The van der Waals surface area contributed by atoms with E-state index in [0.717, 1.165) is 34.7 Å². The summed E-state index contributed by atoms with van der Waals surface area (Å²) in [5.74, 6) is 0.556. The Bertz CT molecular complexity index is 904. The highest BCUT2D eigenvalue weighted by molar-refractivity contribution is 6.37. The zero-order valence-electron chi connectivity index (χ0n) is 15.4. The second-order valence-corrected chi connectivity index (χ2v) is 6.51. The summed E-state index contributed by atoms with van der Waals surface area (Å²) in [6, 6.07) is 11.9. The van der Waals surface area contributed by atoms with E-state index in [4.69, 9.17) is 21.1 Å². The molecule has 0 fully saturated rings. The number of rotatable bonds is 6. The molecule has 3 rings (SSSR count). The molecule has 1 aliphatic carbocycles. The number of ether oxygens (including phenoxy) is 2. The van der Waals surface area contributed by atoms with Crippen LogP contribution in [0.2, 0.25) is 0 Å². The Morgan fingerprint density at radius 1 is 1.11 bits per heavy atom. The van der Waals surface area contributed by atoms with Crippen molar-refractivity contribution in [1.29, 1.82) is 0 Å². The Morgan fingerprint density at radius 3 is 2.56 bits per heavy atom. The number of benzene rings is 1. The fraction of sp³-hybridized carbons (Fsp3) is 0.227. The van der Waals surface area contributed by atoms with Crippen molar-refractivity contribution >= 4 is 23.1 Å². The highest BCUT2D eigenvalue weighted by atomic mass is 35.5. The van der Waals surface area contributed by atoms with Gasteiger partial charge in [0.1, 0.15) is 5.75 Å². The summed E-state index contributed by atoms with van der Waals surface area (Å²) in [5.41, 5.74) is 3.96. The molecule has 1 aliphatic rings. The first-order valence-electron chi connectivity index (χ1n) is 8.78. The van der Waals surface area contributed by atoms with Crippen LogP contribution in [0.5, 0.6) is 5.75 Å². The van der Waals surface area contributed by atoms with Gasteiger partial charge in [-0.15, -0.1) is 0 Å². The minimum absolute atomic E-state index is 0.244. The van der Waals surface area contributed by atoms with E-state index in [-0.39, 0.29) is 12.4 Å². The summed E-state index contributed by atoms with van der Waals surface area (Å²) < 4.78 is 12.2. The zero-order chi connectivity index (χ0) is 19.2. The number of carbonyl (C=O) groups is 1. The van der Waals surface area contributed by atoms with Crippen molar-refractivity contribution in [1.82, 2.24) is 4.57 Å². The lowest BCUT2D eigenvalue weighted by atomic mass is 10.1. The van der Waals surface area contributed by atoms with E-state index in [9.17, 15) is 4.79 Å². The van der Waals surface area contributed by atoms with Gasteiger partial charge in [0.15, 0.2) is 0 Å². The van der Waals surface area contributed by atoms with Crippen LogP contribution >= 0.6 is 11.6 Å². The molecule has 0 spiro atoms. The number of hydrogen-bond acceptors (Lipinski definition) is 3. The van der Waals surface area contributed by atoms with Gasteiger partial charge in [-0.1, -0.05) is 35.9 Å². The van der Waals surface area contributed by atoms with Crippen molar-refractivity contribution in [3.8, 4) is 17.0 Å². The predicted molar refractivity (Wildman–Crippen MR) is 109 cm³/mol. The van der Waals surface area contributed by atoms with Gasteiger partial charge in [0, 0.05) is 28.5 Å². The maximum Gasteiger partial charge on any atom is 0.307 e. The monoisotopic (exact) mass is 383 g/mol. The fourth-order valence-electron chi connectivity index (χ4n) is 3.07. The van der Waals surface area contributed by atoms with Gasteiger partial charge in [0.05, 0.1) is 20.6 Å². The maximum absolute atomic E-state index is 11.7. The van der Waals surface area contributed by atoms with Crippen molar-refractivity contribution in [2.45, 2.75) is 19.4 Å². The Labute approximate surface area is 164 Å². The SMILES string of the molecule is COC(=O)CCn1c(C2=CC=CCC=C2Cl)ccc1-c1ccc(OC)cc1. The third-order valence-corrected chi connectivity index (χ3v) is 4.86. The summed E-state index contributed by atoms with van der Waals surface area (Å²) in [6.45, 7) is 0.502. The topological polar surface area (TPSA) is 40.5 Å². The van der Waals surface area contributed by atoms with E-state index in [1.165, 1.54) is 7.11 Å². The van der Waals surface area contributed by atoms with Gasteiger partial charge in [0.2, 0.25) is 0 Å². The largest absolute Gasteiger partial charge is 0.497 e. The molecule has 0 saturated carbocycles. The molecule has 4 nitrogen and oxygen atoms in total. The first-order valence-corrected chi connectivity index (χ1v) is 9.16. The molecule has 0 unspecified atom stereocenters. The predicted octanol–water partition coefficient (Wildman–Crippen LogP) is 5.19. The van der Waals surface area contributed by atoms with Crippen molar-refractivity contribution in [3.05, 3.63) is 71.4 Å². The van der Waals surface area contributed by atoms with Crippen molar-refractivity contribution in [3.63, 3.8) is 0 Å². The quantitative estimate of drug-likeness (QED) is 0.644. The van der Waals surface area contributed by atoms with E-state index < -0.39 is 0 Å². The molecule has 27 heavy (non-hydrogen) atoms. The van der Waals surface area contributed by atoms with E-state index in [0.29, 0.717) is 11.6 Å². The Kier molecular flexibility index (Phi) is 6.20. The minimum Gasteiger partial charge on any atom is -0.497 e. The van der Waals surface area contributed by atoms with Gasteiger partial charge in [0.25, 0.3) is 0 Å². The summed E-state index contributed by atoms with van der Waals surface area (Å²) >= 11 is 6.51. The average molecular weight is 384 g/mol.